The third kappa shape index (κ3) is 5.87. The number of hydrogen-bond donors (Lipinski definition) is 1. The van der Waals surface area contributed by atoms with Crippen LogP contribution >= 0.6 is 0 Å². The Morgan fingerprint density at radius 2 is 1.81 bits per heavy atom. The number of carbonyl (C=O) groups is 2. The van der Waals surface area contributed by atoms with E-state index in [4.69, 9.17) is 4.74 Å². The first-order valence-electron chi connectivity index (χ1n) is 10.0. The van der Waals surface area contributed by atoms with E-state index in [0.29, 0.717) is 16.8 Å². The highest BCUT2D eigenvalue weighted by Gasteiger charge is 2.33. The number of nitrogens with zero attached hydrogens (tertiary/aromatic N) is 2. The van der Waals surface area contributed by atoms with E-state index in [1.54, 1.807) is 45.1 Å². The second kappa shape index (κ2) is 9.02. The molecule has 2 aromatic rings. The van der Waals surface area contributed by atoms with Gasteiger partial charge < -0.3 is 10.1 Å². The molecule has 1 aromatic carbocycles. The largest absolute Gasteiger partial charge is 0.444 e. The molecule has 170 valence electrons. The van der Waals surface area contributed by atoms with Crippen LogP contribution < -0.4 is 5.32 Å². The van der Waals surface area contributed by atoms with Crippen molar-refractivity contribution in [3.8, 4) is 11.1 Å². The van der Waals surface area contributed by atoms with Crippen LogP contribution in [0.15, 0.2) is 54.7 Å². The Balaban J connectivity index is 1.64. The van der Waals surface area contributed by atoms with E-state index in [0.717, 1.165) is 12.1 Å². The van der Waals surface area contributed by atoms with Crippen LogP contribution in [-0.4, -0.2) is 40.1 Å². The first-order chi connectivity index (χ1) is 14.9. The van der Waals surface area contributed by atoms with Crippen molar-refractivity contribution in [2.45, 2.75) is 45.1 Å². The molecule has 0 saturated carbocycles. The van der Waals surface area contributed by atoms with Crippen LogP contribution in [-0.2, 0) is 22.3 Å². The van der Waals surface area contributed by atoms with Gasteiger partial charge in [-0.3, -0.25) is 14.7 Å². The number of hydrogen-bond acceptors (Lipinski definition) is 4. The zero-order valence-electron chi connectivity index (χ0n) is 17.9. The summed E-state index contributed by atoms with van der Waals surface area (Å²) in [5, 5.41) is 2.75. The van der Waals surface area contributed by atoms with Gasteiger partial charge in [0.2, 0.25) is 5.91 Å². The molecule has 1 N–H and O–H groups in total. The van der Waals surface area contributed by atoms with Gasteiger partial charge in [0.05, 0.1) is 17.8 Å². The third-order valence-electron chi connectivity index (χ3n) is 4.66. The lowest BCUT2D eigenvalue weighted by molar-refractivity contribution is -0.137. The van der Waals surface area contributed by atoms with Crippen molar-refractivity contribution in [1.82, 2.24) is 15.2 Å². The van der Waals surface area contributed by atoms with Crippen molar-refractivity contribution in [3.05, 3.63) is 66.0 Å². The van der Waals surface area contributed by atoms with Crippen LogP contribution in [0.25, 0.3) is 11.1 Å². The van der Waals surface area contributed by atoms with Crippen LogP contribution in [0, 0.1) is 0 Å². The minimum Gasteiger partial charge on any atom is -0.444 e. The summed E-state index contributed by atoms with van der Waals surface area (Å²) in [5.74, 6) is -0.383. The SMILES string of the molecule is CC(C)(C)OC(=O)N1CC=CC1C(=O)NCc1cc(-c2ccc(C(F)(F)F)cc2)ccn1. The molecule has 6 nitrogen and oxygen atoms in total. The molecule has 0 saturated heterocycles. The molecule has 0 fully saturated rings. The predicted octanol–water partition coefficient (Wildman–Crippen LogP) is 4.56. The quantitative estimate of drug-likeness (QED) is 0.698. The molecular formula is C23H24F3N3O3. The van der Waals surface area contributed by atoms with E-state index in [-0.39, 0.29) is 19.0 Å². The van der Waals surface area contributed by atoms with Gasteiger partial charge in [-0.2, -0.15) is 13.2 Å². The molecule has 9 heteroatoms. The van der Waals surface area contributed by atoms with Crippen LogP contribution in [0.1, 0.15) is 32.0 Å². The van der Waals surface area contributed by atoms with E-state index >= 15 is 0 Å². The molecule has 1 aliphatic heterocycles. The maximum atomic E-state index is 12.8. The number of aromatic nitrogens is 1. The Kier molecular flexibility index (Phi) is 6.57. The van der Waals surface area contributed by atoms with Crippen molar-refractivity contribution in [3.63, 3.8) is 0 Å². The molecule has 0 aliphatic carbocycles. The standard InChI is InChI=1S/C23H24F3N3O3/c1-22(2,3)32-21(31)29-12-4-5-19(29)20(30)28-14-18-13-16(10-11-27-18)15-6-8-17(9-7-15)23(24,25)26/h4-11,13,19H,12,14H2,1-3H3,(H,28,30). The van der Waals surface area contributed by atoms with Gasteiger partial charge in [0.15, 0.2) is 0 Å². The number of rotatable bonds is 4. The van der Waals surface area contributed by atoms with Crippen LogP contribution in [0.5, 0.6) is 0 Å². The second-order valence-electron chi connectivity index (χ2n) is 8.33. The van der Waals surface area contributed by atoms with Gasteiger partial charge in [0, 0.05) is 12.7 Å². The fraction of sp³-hybridized carbons (Fsp3) is 0.348. The zero-order valence-corrected chi connectivity index (χ0v) is 17.9. The molecule has 32 heavy (non-hydrogen) atoms. The van der Waals surface area contributed by atoms with Gasteiger partial charge in [-0.15, -0.1) is 0 Å². The van der Waals surface area contributed by atoms with Crippen molar-refractivity contribution in [2.24, 2.45) is 0 Å². The van der Waals surface area contributed by atoms with Crippen molar-refractivity contribution >= 4 is 12.0 Å². The first-order valence-corrected chi connectivity index (χ1v) is 10.0. The van der Waals surface area contributed by atoms with Crippen molar-refractivity contribution < 1.29 is 27.5 Å². The van der Waals surface area contributed by atoms with Gasteiger partial charge >= 0.3 is 12.3 Å². The molecule has 1 atom stereocenters. The van der Waals surface area contributed by atoms with E-state index < -0.39 is 29.5 Å². The average molecular weight is 447 g/mol. The molecule has 0 spiro atoms. The van der Waals surface area contributed by atoms with Gasteiger partial charge in [0.25, 0.3) is 0 Å². The summed E-state index contributed by atoms with van der Waals surface area (Å²) < 4.78 is 43.6. The molecule has 1 aromatic heterocycles. The molecule has 3 rings (SSSR count). The average Bonchev–Trinajstić information content (AvgIpc) is 3.21. The number of ether oxygens (including phenoxy) is 1. The maximum absolute atomic E-state index is 12.8. The maximum Gasteiger partial charge on any atom is 0.416 e. The third-order valence-corrected chi connectivity index (χ3v) is 4.66. The van der Waals surface area contributed by atoms with Gasteiger partial charge in [-0.1, -0.05) is 24.3 Å². The molecular weight excluding hydrogens is 423 g/mol. The van der Waals surface area contributed by atoms with Crippen LogP contribution in [0.4, 0.5) is 18.0 Å². The molecule has 0 bridgehead atoms. The number of carbonyl (C=O) groups excluding carboxylic acids is 2. The predicted molar refractivity (Wildman–Crippen MR) is 112 cm³/mol. The van der Waals surface area contributed by atoms with Crippen molar-refractivity contribution in [2.75, 3.05) is 6.54 Å². The lowest BCUT2D eigenvalue weighted by Crippen LogP contribution is -2.47. The fourth-order valence-electron chi connectivity index (χ4n) is 3.15. The van der Waals surface area contributed by atoms with Gasteiger partial charge in [-0.25, -0.2) is 4.79 Å². The summed E-state index contributed by atoms with van der Waals surface area (Å²) in [4.78, 5) is 30.5. The molecule has 0 radical (unpaired) electrons. The Morgan fingerprint density at radius 3 is 2.44 bits per heavy atom. The zero-order chi connectivity index (χ0) is 23.5. The van der Waals surface area contributed by atoms with Crippen LogP contribution in [0.2, 0.25) is 0 Å². The first kappa shape index (κ1) is 23.3. The second-order valence-corrected chi connectivity index (χ2v) is 8.33. The number of alkyl halides is 3. The Hall–Kier alpha value is -3.36. The summed E-state index contributed by atoms with van der Waals surface area (Å²) in [5.41, 5.74) is 0.406. The number of amides is 2. The minimum atomic E-state index is -4.39. The minimum absolute atomic E-state index is 0.0970. The molecule has 1 aliphatic rings. The number of pyridine rings is 1. The summed E-state index contributed by atoms with van der Waals surface area (Å²) >= 11 is 0. The normalized spacial score (nSPS) is 16.2. The van der Waals surface area contributed by atoms with E-state index in [2.05, 4.69) is 10.3 Å². The number of benzene rings is 1. The smallest absolute Gasteiger partial charge is 0.416 e. The van der Waals surface area contributed by atoms with Crippen molar-refractivity contribution in [1.29, 1.82) is 0 Å². The van der Waals surface area contributed by atoms with Gasteiger partial charge in [-0.05, 0) is 56.2 Å². The lowest BCUT2D eigenvalue weighted by Gasteiger charge is -2.28. The van der Waals surface area contributed by atoms with E-state index in [9.17, 15) is 22.8 Å². The highest BCUT2D eigenvalue weighted by atomic mass is 19.4. The van der Waals surface area contributed by atoms with Gasteiger partial charge in [0.1, 0.15) is 11.6 Å². The summed E-state index contributed by atoms with van der Waals surface area (Å²) in [6.07, 6.45) is -0.0985. The van der Waals surface area contributed by atoms with E-state index in [1.165, 1.54) is 23.2 Å². The Bertz CT molecular complexity index is 1010. The molecule has 2 amide bonds. The highest BCUT2D eigenvalue weighted by Crippen LogP contribution is 2.31. The van der Waals surface area contributed by atoms with Crippen LogP contribution in [0.3, 0.4) is 0 Å². The fourth-order valence-corrected chi connectivity index (χ4v) is 3.15. The van der Waals surface area contributed by atoms with E-state index in [1.807, 2.05) is 0 Å². The Labute approximate surface area is 184 Å². The number of nitrogens with one attached hydrogen (secondary N) is 1. The number of halogens is 3. The summed E-state index contributed by atoms with van der Waals surface area (Å²) in [6, 6.07) is 7.41. The highest BCUT2D eigenvalue weighted by molar-refractivity contribution is 5.88. The monoisotopic (exact) mass is 447 g/mol. The molecule has 2 heterocycles. The Morgan fingerprint density at radius 1 is 1.12 bits per heavy atom. The summed E-state index contributed by atoms with van der Waals surface area (Å²) in [7, 11) is 0. The lowest BCUT2D eigenvalue weighted by atomic mass is 10.0. The summed E-state index contributed by atoms with van der Waals surface area (Å²) in [6.45, 7) is 5.62. The molecule has 1 unspecified atom stereocenters. The topological polar surface area (TPSA) is 71.5 Å².